The minimum atomic E-state index is -0.0975. The molecule has 0 bridgehead atoms. The van der Waals surface area contributed by atoms with Crippen molar-refractivity contribution in [1.82, 2.24) is 29.7 Å². The van der Waals surface area contributed by atoms with Crippen LogP contribution in [0, 0.1) is 0 Å². The number of hydrogen-bond acceptors (Lipinski definition) is 8. The second kappa shape index (κ2) is 14.9. The third-order valence-corrected chi connectivity index (χ3v) is 6.97. The normalized spacial score (nSPS) is 18.6. The highest BCUT2D eigenvalue weighted by Gasteiger charge is 2.26. The van der Waals surface area contributed by atoms with Gasteiger partial charge in [0, 0.05) is 69.8 Å². The lowest BCUT2D eigenvalue weighted by molar-refractivity contribution is 0.315. The summed E-state index contributed by atoms with van der Waals surface area (Å²) in [7, 11) is 6.09. The van der Waals surface area contributed by atoms with Gasteiger partial charge in [0.25, 0.3) is 5.56 Å². The molecule has 13 heteroatoms. The summed E-state index contributed by atoms with van der Waals surface area (Å²) >= 11 is 0. The van der Waals surface area contributed by atoms with E-state index in [-0.39, 0.29) is 61.2 Å². The minimum Gasteiger partial charge on any atom is -0.370 e. The molecule has 2 aliphatic heterocycles. The van der Waals surface area contributed by atoms with Gasteiger partial charge in [0.15, 0.2) is 0 Å². The van der Waals surface area contributed by atoms with Gasteiger partial charge in [-0.25, -0.2) is 15.0 Å². The van der Waals surface area contributed by atoms with Crippen LogP contribution in [0.3, 0.4) is 0 Å². The molecule has 3 aromatic rings. The zero-order valence-corrected chi connectivity index (χ0v) is 25.0. The largest absolute Gasteiger partial charge is 0.370 e. The number of benzene rings is 1. The molecule has 2 aromatic heterocycles. The molecular weight excluding hydrogens is 570 g/mol. The van der Waals surface area contributed by atoms with Crippen molar-refractivity contribution in [3.8, 4) is 11.4 Å². The van der Waals surface area contributed by atoms with E-state index in [0.29, 0.717) is 23.4 Å². The van der Waals surface area contributed by atoms with Gasteiger partial charge in [-0.3, -0.25) is 9.36 Å². The Balaban J connectivity index is 0.00000180. The Bertz CT molecular complexity index is 1200. The number of rotatable bonds is 5. The van der Waals surface area contributed by atoms with Crippen LogP contribution in [0.2, 0.25) is 0 Å². The summed E-state index contributed by atoms with van der Waals surface area (Å²) in [6, 6.07) is 13.0. The van der Waals surface area contributed by atoms with Crippen molar-refractivity contribution in [2.45, 2.75) is 18.5 Å². The monoisotopic (exact) mass is 604 g/mol. The SMILES string of the molecule is CN(C)[C@H]1CCN(c2ccc([C@H]3CN(c4nc(-c5ccncn5)cc(=O)n4C)CCN3)cc2)C1.Cl.Cl.Cl.Cl. The number of aromatic nitrogens is 4. The molecular formula is C25H36Cl4N8O. The van der Waals surface area contributed by atoms with Gasteiger partial charge in [-0.15, -0.1) is 49.6 Å². The van der Waals surface area contributed by atoms with E-state index in [1.165, 1.54) is 30.1 Å². The van der Waals surface area contributed by atoms with Crippen molar-refractivity contribution < 1.29 is 0 Å². The molecule has 0 spiro atoms. The molecule has 38 heavy (non-hydrogen) atoms. The van der Waals surface area contributed by atoms with E-state index in [2.05, 4.69) is 68.3 Å². The topological polar surface area (TPSA) is 82.4 Å². The van der Waals surface area contributed by atoms with Crippen LogP contribution >= 0.6 is 49.6 Å². The fourth-order valence-corrected chi connectivity index (χ4v) is 4.85. The Morgan fingerprint density at radius 2 is 1.68 bits per heavy atom. The van der Waals surface area contributed by atoms with E-state index in [1.807, 2.05) is 0 Å². The highest BCUT2D eigenvalue weighted by Crippen LogP contribution is 2.26. The summed E-state index contributed by atoms with van der Waals surface area (Å²) in [6.45, 7) is 4.50. The van der Waals surface area contributed by atoms with Gasteiger partial charge in [0.1, 0.15) is 6.33 Å². The molecule has 4 heterocycles. The third kappa shape index (κ3) is 7.28. The Kier molecular flexibility index (Phi) is 13.3. The van der Waals surface area contributed by atoms with E-state index in [4.69, 9.17) is 4.98 Å². The summed E-state index contributed by atoms with van der Waals surface area (Å²) in [5.74, 6) is 0.663. The van der Waals surface area contributed by atoms with E-state index >= 15 is 0 Å². The maximum Gasteiger partial charge on any atom is 0.255 e. The van der Waals surface area contributed by atoms with Gasteiger partial charge in [-0.05, 0) is 44.3 Å². The second-order valence-electron chi connectivity index (χ2n) is 9.33. The van der Waals surface area contributed by atoms with E-state index in [1.54, 1.807) is 23.9 Å². The van der Waals surface area contributed by atoms with Crippen molar-refractivity contribution >= 4 is 61.3 Å². The molecule has 2 fully saturated rings. The molecule has 0 radical (unpaired) electrons. The standard InChI is InChI=1S/C25H32N8O.4ClH/c1-30(2)20-9-12-32(15-20)19-6-4-18(5-7-19)23-16-33(13-11-27-23)25-29-22(14-24(34)31(25)3)21-8-10-26-17-28-21;;;;/h4-8,10,14,17,20,23,27H,9,11-13,15-16H2,1-3H3;4*1H/t20-,23+;;;;/m0..../s1. The van der Waals surface area contributed by atoms with Crippen molar-refractivity contribution in [1.29, 1.82) is 0 Å². The van der Waals surface area contributed by atoms with Crippen LogP contribution in [0.4, 0.5) is 11.6 Å². The fourth-order valence-electron chi connectivity index (χ4n) is 4.85. The van der Waals surface area contributed by atoms with Gasteiger partial charge >= 0.3 is 0 Å². The first-order chi connectivity index (χ1) is 16.5. The van der Waals surface area contributed by atoms with Gasteiger partial charge in [-0.1, -0.05) is 12.1 Å². The first-order valence-electron chi connectivity index (χ1n) is 11.8. The molecule has 2 atom stereocenters. The van der Waals surface area contributed by atoms with Crippen LogP contribution in [0.1, 0.15) is 18.0 Å². The number of nitrogens with one attached hydrogen (secondary N) is 1. The summed E-state index contributed by atoms with van der Waals surface area (Å²) < 4.78 is 1.62. The maximum absolute atomic E-state index is 12.7. The molecule has 1 N–H and O–H groups in total. The number of anilines is 2. The van der Waals surface area contributed by atoms with Gasteiger partial charge in [0.05, 0.1) is 11.4 Å². The Hall–Kier alpha value is -2.14. The minimum absolute atomic E-state index is 0. The van der Waals surface area contributed by atoms with E-state index < -0.39 is 0 Å². The quantitative estimate of drug-likeness (QED) is 0.475. The second-order valence-corrected chi connectivity index (χ2v) is 9.33. The predicted molar refractivity (Wildman–Crippen MR) is 163 cm³/mol. The van der Waals surface area contributed by atoms with Crippen LogP contribution in [0.15, 0.2) is 53.7 Å². The molecule has 9 nitrogen and oxygen atoms in total. The molecule has 0 amide bonds. The Morgan fingerprint density at radius 1 is 0.947 bits per heavy atom. The Morgan fingerprint density at radius 3 is 2.32 bits per heavy atom. The lowest BCUT2D eigenvalue weighted by Crippen LogP contribution is -2.47. The first-order valence-corrected chi connectivity index (χ1v) is 11.8. The highest BCUT2D eigenvalue weighted by molar-refractivity contribution is 5.86. The molecule has 2 saturated heterocycles. The number of hydrogen-bond donors (Lipinski definition) is 1. The van der Waals surface area contributed by atoms with Crippen LogP contribution in [-0.2, 0) is 7.05 Å². The maximum atomic E-state index is 12.7. The van der Waals surface area contributed by atoms with Gasteiger partial charge in [-0.2, -0.15) is 0 Å². The zero-order valence-electron chi connectivity index (χ0n) is 21.7. The lowest BCUT2D eigenvalue weighted by Gasteiger charge is -2.35. The summed E-state index contributed by atoms with van der Waals surface area (Å²) in [5.41, 5.74) is 3.65. The molecule has 2 aliphatic rings. The van der Waals surface area contributed by atoms with Crippen molar-refractivity contribution in [2.24, 2.45) is 7.05 Å². The van der Waals surface area contributed by atoms with Crippen LogP contribution in [0.25, 0.3) is 11.4 Å². The summed E-state index contributed by atoms with van der Waals surface area (Å²) in [5, 5.41) is 3.63. The Labute approximate surface area is 248 Å². The fraction of sp³-hybridized carbons (Fsp3) is 0.440. The third-order valence-electron chi connectivity index (χ3n) is 6.97. The number of piperazine rings is 1. The zero-order chi connectivity index (χ0) is 23.7. The average Bonchev–Trinajstić information content (AvgIpc) is 3.37. The van der Waals surface area contributed by atoms with Crippen molar-refractivity contribution in [3.63, 3.8) is 0 Å². The molecule has 1 aromatic carbocycles. The van der Waals surface area contributed by atoms with E-state index in [0.717, 1.165) is 32.7 Å². The molecule has 0 unspecified atom stereocenters. The summed E-state index contributed by atoms with van der Waals surface area (Å²) in [4.78, 5) is 32.7. The van der Waals surface area contributed by atoms with Crippen molar-refractivity contribution in [2.75, 3.05) is 56.6 Å². The predicted octanol–water partition coefficient (Wildman–Crippen LogP) is 3.22. The van der Waals surface area contributed by atoms with Gasteiger partial charge < -0.3 is 20.0 Å². The van der Waals surface area contributed by atoms with Crippen molar-refractivity contribution in [3.05, 3.63) is 64.8 Å². The number of halogens is 4. The molecule has 0 aliphatic carbocycles. The van der Waals surface area contributed by atoms with Crippen LogP contribution in [-0.4, -0.2) is 77.3 Å². The molecule has 0 saturated carbocycles. The van der Waals surface area contributed by atoms with E-state index in [9.17, 15) is 4.79 Å². The number of nitrogens with zero attached hydrogens (tertiary/aromatic N) is 7. The highest BCUT2D eigenvalue weighted by atomic mass is 35.5. The first kappa shape index (κ1) is 33.9. The summed E-state index contributed by atoms with van der Waals surface area (Å²) in [6.07, 6.45) is 4.34. The lowest BCUT2D eigenvalue weighted by atomic mass is 10.0. The molecule has 210 valence electrons. The van der Waals surface area contributed by atoms with Crippen LogP contribution in [0.5, 0.6) is 0 Å². The van der Waals surface area contributed by atoms with Gasteiger partial charge in [0.2, 0.25) is 5.95 Å². The number of likely N-dealkylation sites (N-methyl/N-ethyl adjacent to an activating group) is 1. The van der Waals surface area contributed by atoms with Crippen LogP contribution < -0.4 is 20.7 Å². The molecule has 5 rings (SSSR count). The smallest absolute Gasteiger partial charge is 0.255 e. The average molecular weight is 606 g/mol.